The van der Waals surface area contributed by atoms with E-state index < -0.39 is 18.4 Å². The minimum absolute atomic E-state index is 0.184. The molecule has 1 atom stereocenters. The van der Waals surface area contributed by atoms with Crippen LogP contribution < -0.4 is 0 Å². The van der Waals surface area contributed by atoms with Crippen molar-refractivity contribution >= 4 is 24.2 Å². The van der Waals surface area contributed by atoms with Gasteiger partial charge in [-0.3, -0.25) is 9.59 Å². The number of ether oxygens (including phenoxy) is 6. The fraction of sp³-hybridized carbons (Fsp3) is 0.700. The highest BCUT2D eigenvalue weighted by molar-refractivity contribution is 5.69. The lowest BCUT2D eigenvalue weighted by Gasteiger charge is -2.08. The summed E-state index contributed by atoms with van der Waals surface area (Å²) in [5.74, 6) is -0.446. The molecule has 0 aromatic heterocycles. The van der Waals surface area contributed by atoms with E-state index in [1.807, 2.05) is 13.8 Å². The summed E-state index contributed by atoms with van der Waals surface area (Å²) in [6.07, 6.45) is -1.57. The molecule has 0 fully saturated rings. The first kappa shape index (κ1) is 36.5. The highest BCUT2D eigenvalue weighted by atomic mass is 16.7. The first-order valence-corrected chi connectivity index (χ1v) is 9.70. The molecule has 190 valence electrons. The van der Waals surface area contributed by atoms with E-state index in [2.05, 4.69) is 30.3 Å². The van der Waals surface area contributed by atoms with Crippen molar-refractivity contribution in [3.8, 4) is 0 Å². The van der Waals surface area contributed by atoms with Crippen LogP contribution >= 0.6 is 0 Å². The summed E-state index contributed by atoms with van der Waals surface area (Å²) >= 11 is 0. The van der Waals surface area contributed by atoms with Crippen LogP contribution in [0.4, 0.5) is 9.59 Å². The van der Waals surface area contributed by atoms with Crippen LogP contribution in [-0.2, 0) is 38.0 Å². The Kier molecular flexibility index (Phi) is 34.6. The van der Waals surface area contributed by atoms with E-state index in [0.717, 1.165) is 0 Å². The molecule has 0 aromatic carbocycles. The average Bonchev–Trinajstić information content (AvgIpc) is 2.68. The number of rotatable bonds is 11. The van der Waals surface area contributed by atoms with Gasteiger partial charge in [0.2, 0.25) is 0 Å². The van der Waals surface area contributed by atoms with Crippen molar-refractivity contribution in [2.45, 2.75) is 47.1 Å². The van der Waals surface area contributed by atoms with Gasteiger partial charge in [0.15, 0.2) is 0 Å². The van der Waals surface area contributed by atoms with E-state index in [1.54, 1.807) is 20.1 Å². The molecule has 0 bridgehead atoms. The molecule has 0 aliphatic heterocycles. The Morgan fingerprint density at radius 2 is 1.50 bits per heavy atom. The van der Waals surface area contributed by atoms with Gasteiger partial charge in [0.05, 0.1) is 26.2 Å². The zero-order chi connectivity index (χ0) is 25.8. The average molecular weight is 471 g/mol. The molecule has 2 N–H and O–H groups in total. The van der Waals surface area contributed by atoms with Gasteiger partial charge < -0.3 is 38.6 Å². The summed E-state index contributed by atoms with van der Waals surface area (Å²) in [6, 6.07) is 0. The molecule has 12 nitrogen and oxygen atoms in total. The molecule has 0 spiro atoms. The van der Waals surface area contributed by atoms with Crippen LogP contribution in [0.15, 0.2) is 12.7 Å². The summed E-state index contributed by atoms with van der Waals surface area (Å²) in [4.78, 5) is 40.2. The van der Waals surface area contributed by atoms with Crippen LogP contribution in [0, 0.1) is 0 Å². The lowest BCUT2D eigenvalue weighted by Crippen LogP contribution is -2.20. The standard InChI is InChI=1S/C7H14O3.C5H8O6.C5H10O3.C3H6/c1-3-9-6-5-7(8)10-4-2;1-3(11-5(8)9)2-10-4(6)7;1-5(6)8-4-3-7-2;1-3-2/h3-6H2,1-2H3;3H,2H2,1H3,(H,6,7)(H,8,9);3-4H2,1-2H3;3H,1H2,2H3. The third-order valence-electron chi connectivity index (χ3n) is 2.30. The fourth-order valence-corrected chi connectivity index (χ4v) is 1.20. The van der Waals surface area contributed by atoms with Crippen LogP contribution in [0.5, 0.6) is 0 Å². The topological polar surface area (TPSA) is 164 Å². The Hall–Kier alpha value is -2.86. The number of methoxy groups -OCH3 is 1. The number of hydrogen-bond donors (Lipinski definition) is 2. The molecule has 0 saturated heterocycles. The SMILES string of the molecule is C=CC.CC(COC(=O)O)OC(=O)O.CCOCCC(=O)OCC.COCCOC(C)=O. The predicted octanol–water partition coefficient (Wildman–Crippen LogP) is 3.13. The fourth-order valence-electron chi connectivity index (χ4n) is 1.20. The number of esters is 2. The van der Waals surface area contributed by atoms with Crippen molar-refractivity contribution in [3.63, 3.8) is 0 Å². The van der Waals surface area contributed by atoms with E-state index in [9.17, 15) is 19.2 Å². The number of hydrogen-bond acceptors (Lipinski definition) is 10. The molecule has 0 heterocycles. The van der Waals surface area contributed by atoms with Crippen molar-refractivity contribution in [1.82, 2.24) is 0 Å². The lowest BCUT2D eigenvalue weighted by atomic mass is 10.4. The molecular weight excluding hydrogens is 432 g/mol. The van der Waals surface area contributed by atoms with Crippen molar-refractivity contribution in [1.29, 1.82) is 0 Å². The number of carbonyl (C=O) groups excluding carboxylic acids is 2. The van der Waals surface area contributed by atoms with Crippen molar-refractivity contribution in [2.75, 3.05) is 46.8 Å². The molecule has 0 amide bonds. The Morgan fingerprint density at radius 1 is 0.938 bits per heavy atom. The van der Waals surface area contributed by atoms with Gasteiger partial charge in [0, 0.05) is 20.6 Å². The van der Waals surface area contributed by atoms with Gasteiger partial charge in [0.25, 0.3) is 0 Å². The maximum atomic E-state index is 10.6. The van der Waals surface area contributed by atoms with Crippen LogP contribution in [0.2, 0.25) is 0 Å². The number of allylic oxidation sites excluding steroid dienone is 1. The molecule has 0 rings (SSSR count). The molecule has 0 saturated carbocycles. The van der Waals surface area contributed by atoms with Gasteiger partial charge in [-0.15, -0.1) is 6.58 Å². The van der Waals surface area contributed by atoms with Gasteiger partial charge >= 0.3 is 24.2 Å². The van der Waals surface area contributed by atoms with Gasteiger partial charge in [-0.05, 0) is 27.7 Å². The second-order valence-corrected chi connectivity index (χ2v) is 5.26. The summed E-state index contributed by atoms with van der Waals surface area (Å²) in [5.41, 5.74) is 0. The van der Waals surface area contributed by atoms with E-state index in [-0.39, 0.29) is 18.5 Å². The second-order valence-electron chi connectivity index (χ2n) is 5.26. The zero-order valence-corrected chi connectivity index (χ0v) is 19.8. The Morgan fingerprint density at radius 3 is 1.88 bits per heavy atom. The minimum Gasteiger partial charge on any atom is -0.466 e. The number of carbonyl (C=O) groups is 4. The molecule has 32 heavy (non-hydrogen) atoms. The van der Waals surface area contributed by atoms with Crippen molar-refractivity contribution < 1.29 is 57.8 Å². The Balaban J connectivity index is -0.000000174. The third kappa shape index (κ3) is 50.6. The van der Waals surface area contributed by atoms with Gasteiger partial charge in [0.1, 0.15) is 19.3 Å². The monoisotopic (exact) mass is 470 g/mol. The largest absolute Gasteiger partial charge is 0.506 e. The second kappa shape index (κ2) is 30.3. The maximum Gasteiger partial charge on any atom is 0.506 e. The Labute approximate surface area is 189 Å². The molecule has 0 aromatic rings. The first-order valence-electron chi connectivity index (χ1n) is 9.70. The molecule has 0 aliphatic carbocycles. The molecular formula is C20H38O12. The normalized spacial score (nSPS) is 9.56. The minimum atomic E-state index is -1.45. The van der Waals surface area contributed by atoms with Crippen LogP contribution in [0.1, 0.15) is 41.0 Å². The summed E-state index contributed by atoms with van der Waals surface area (Å²) in [6.45, 7) is 13.8. The highest BCUT2D eigenvalue weighted by Gasteiger charge is 2.09. The van der Waals surface area contributed by atoms with Gasteiger partial charge in [-0.1, -0.05) is 6.08 Å². The summed E-state index contributed by atoms with van der Waals surface area (Å²) in [7, 11) is 1.56. The van der Waals surface area contributed by atoms with Gasteiger partial charge in [-0.2, -0.15) is 0 Å². The molecule has 12 heteroatoms. The van der Waals surface area contributed by atoms with E-state index >= 15 is 0 Å². The highest BCUT2D eigenvalue weighted by Crippen LogP contribution is 1.92. The summed E-state index contributed by atoms with van der Waals surface area (Å²) < 4.78 is 26.9. The van der Waals surface area contributed by atoms with E-state index in [0.29, 0.717) is 39.5 Å². The van der Waals surface area contributed by atoms with Crippen LogP contribution in [0.25, 0.3) is 0 Å². The maximum absolute atomic E-state index is 10.6. The van der Waals surface area contributed by atoms with Gasteiger partial charge in [-0.25, -0.2) is 9.59 Å². The lowest BCUT2D eigenvalue weighted by molar-refractivity contribution is -0.144. The van der Waals surface area contributed by atoms with E-state index in [4.69, 9.17) is 14.9 Å². The third-order valence-corrected chi connectivity index (χ3v) is 2.30. The number of carboxylic acid groups (broad SMARTS) is 2. The molecule has 0 radical (unpaired) electrons. The molecule has 0 aliphatic rings. The van der Waals surface area contributed by atoms with Crippen LogP contribution in [-0.4, -0.2) is 87.3 Å². The van der Waals surface area contributed by atoms with Crippen molar-refractivity contribution in [3.05, 3.63) is 12.7 Å². The quantitative estimate of drug-likeness (QED) is 0.196. The smallest absolute Gasteiger partial charge is 0.466 e. The predicted molar refractivity (Wildman–Crippen MR) is 115 cm³/mol. The summed E-state index contributed by atoms with van der Waals surface area (Å²) in [5, 5.41) is 16.0. The Bertz CT molecular complexity index is 479. The molecule has 1 unspecified atom stereocenters. The van der Waals surface area contributed by atoms with Crippen LogP contribution in [0.3, 0.4) is 0 Å². The first-order chi connectivity index (χ1) is 15.0. The van der Waals surface area contributed by atoms with E-state index in [1.165, 1.54) is 13.8 Å². The van der Waals surface area contributed by atoms with Crippen molar-refractivity contribution in [2.24, 2.45) is 0 Å². The zero-order valence-electron chi connectivity index (χ0n) is 19.8.